The molecule has 1 amide bonds. The summed E-state index contributed by atoms with van der Waals surface area (Å²) in [6, 6.07) is 11.7. The third kappa shape index (κ3) is 3.40. The van der Waals surface area contributed by atoms with E-state index in [9.17, 15) is 14.3 Å². The summed E-state index contributed by atoms with van der Waals surface area (Å²) in [5, 5.41) is 16.0. The second-order valence-corrected chi connectivity index (χ2v) is 5.61. The lowest BCUT2D eigenvalue weighted by molar-refractivity contribution is 0.101. The molecule has 3 rings (SSSR count). The van der Waals surface area contributed by atoms with Crippen LogP contribution in [0.25, 0.3) is 11.3 Å². The minimum atomic E-state index is -0.532. The molecule has 3 aromatic rings. The molecular formula is C16H10BrFN2O3. The highest BCUT2D eigenvalue weighted by atomic mass is 79.9. The van der Waals surface area contributed by atoms with Crippen LogP contribution < -0.4 is 5.32 Å². The van der Waals surface area contributed by atoms with Crippen molar-refractivity contribution in [3.8, 4) is 17.1 Å². The zero-order chi connectivity index (χ0) is 16.4. The van der Waals surface area contributed by atoms with Crippen molar-refractivity contribution in [3.63, 3.8) is 0 Å². The van der Waals surface area contributed by atoms with Crippen LogP contribution in [-0.2, 0) is 0 Å². The molecule has 1 aromatic heterocycles. The van der Waals surface area contributed by atoms with Gasteiger partial charge >= 0.3 is 0 Å². The Morgan fingerprint density at radius 2 is 1.91 bits per heavy atom. The number of benzene rings is 2. The van der Waals surface area contributed by atoms with Gasteiger partial charge < -0.3 is 14.9 Å². The van der Waals surface area contributed by atoms with Crippen LogP contribution in [0.15, 0.2) is 57.5 Å². The standard InChI is InChI=1S/C16H10BrFN2O3/c17-10-3-6-14(21)12(7-10)19-16(22)13-8-15(23-20-13)9-1-4-11(18)5-2-9/h1-8,21H,(H,19,22). The average molecular weight is 377 g/mol. The van der Waals surface area contributed by atoms with Gasteiger partial charge in [-0.3, -0.25) is 4.79 Å². The van der Waals surface area contributed by atoms with Gasteiger partial charge in [0.1, 0.15) is 11.6 Å². The van der Waals surface area contributed by atoms with Gasteiger partial charge in [0.05, 0.1) is 5.69 Å². The number of phenolic OH excluding ortho intramolecular Hbond substituents is 1. The maximum Gasteiger partial charge on any atom is 0.277 e. The Labute approximate surface area is 138 Å². The molecule has 0 saturated carbocycles. The fourth-order valence-electron chi connectivity index (χ4n) is 1.93. The van der Waals surface area contributed by atoms with Gasteiger partial charge in [0.15, 0.2) is 11.5 Å². The van der Waals surface area contributed by atoms with Crippen LogP contribution in [-0.4, -0.2) is 16.2 Å². The van der Waals surface area contributed by atoms with E-state index in [1.807, 2.05) is 0 Å². The van der Waals surface area contributed by atoms with Crippen molar-refractivity contribution >= 4 is 27.5 Å². The Morgan fingerprint density at radius 1 is 1.17 bits per heavy atom. The molecule has 0 aliphatic heterocycles. The van der Waals surface area contributed by atoms with Crippen LogP contribution >= 0.6 is 15.9 Å². The predicted molar refractivity (Wildman–Crippen MR) is 85.7 cm³/mol. The van der Waals surface area contributed by atoms with E-state index >= 15 is 0 Å². The van der Waals surface area contributed by atoms with Crippen molar-refractivity contribution in [3.05, 3.63) is 64.5 Å². The molecule has 5 nitrogen and oxygen atoms in total. The van der Waals surface area contributed by atoms with Crippen LogP contribution in [0.3, 0.4) is 0 Å². The molecule has 1 heterocycles. The Balaban J connectivity index is 1.81. The molecular weight excluding hydrogens is 367 g/mol. The van der Waals surface area contributed by atoms with Gasteiger partial charge in [0.25, 0.3) is 5.91 Å². The second kappa shape index (κ2) is 6.21. The molecule has 23 heavy (non-hydrogen) atoms. The van der Waals surface area contributed by atoms with Crippen LogP contribution in [0.4, 0.5) is 10.1 Å². The van der Waals surface area contributed by atoms with Crippen LogP contribution in [0.5, 0.6) is 5.75 Å². The Bertz CT molecular complexity index is 862. The number of hydrogen-bond donors (Lipinski definition) is 2. The van der Waals surface area contributed by atoms with Gasteiger partial charge in [-0.15, -0.1) is 0 Å². The lowest BCUT2D eigenvalue weighted by atomic mass is 10.1. The number of nitrogens with zero attached hydrogens (tertiary/aromatic N) is 1. The number of nitrogens with one attached hydrogen (secondary N) is 1. The van der Waals surface area contributed by atoms with Gasteiger partial charge in [0.2, 0.25) is 0 Å². The van der Waals surface area contributed by atoms with Gasteiger partial charge in [0, 0.05) is 16.1 Å². The first-order chi connectivity index (χ1) is 11.0. The summed E-state index contributed by atoms with van der Waals surface area (Å²) >= 11 is 3.26. The summed E-state index contributed by atoms with van der Waals surface area (Å²) in [7, 11) is 0. The number of phenols is 1. The topological polar surface area (TPSA) is 75.4 Å². The van der Waals surface area contributed by atoms with E-state index in [0.29, 0.717) is 15.8 Å². The van der Waals surface area contributed by atoms with E-state index in [-0.39, 0.29) is 22.9 Å². The summed E-state index contributed by atoms with van der Waals surface area (Å²) in [4.78, 5) is 12.2. The maximum atomic E-state index is 12.9. The Hall–Kier alpha value is -2.67. The Kier molecular flexibility index (Phi) is 4.12. The largest absolute Gasteiger partial charge is 0.506 e. The number of carbonyl (C=O) groups is 1. The zero-order valence-electron chi connectivity index (χ0n) is 11.6. The molecule has 2 N–H and O–H groups in total. The van der Waals surface area contributed by atoms with Crippen molar-refractivity contribution < 1.29 is 18.8 Å². The monoisotopic (exact) mass is 376 g/mol. The van der Waals surface area contributed by atoms with E-state index in [2.05, 4.69) is 26.4 Å². The molecule has 0 spiro atoms. The molecule has 0 aliphatic carbocycles. The molecule has 0 aliphatic rings. The summed E-state index contributed by atoms with van der Waals surface area (Å²) in [6.07, 6.45) is 0. The molecule has 7 heteroatoms. The van der Waals surface area contributed by atoms with Crippen LogP contribution in [0, 0.1) is 5.82 Å². The highest BCUT2D eigenvalue weighted by molar-refractivity contribution is 9.10. The lowest BCUT2D eigenvalue weighted by Gasteiger charge is -2.05. The number of aromatic hydroxyl groups is 1. The number of anilines is 1. The number of aromatic nitrogens is 1. The van der Waals surface area contributed by atoms with E-state index in [1.165, 1.54) is 36.4 Å². The highest BCUT2D eigenvalue weighted by Gasteiger charge is 2.15. The molecule has 0 saturated heterocycles. The predicted octanol–water partition coefficient (Wildman–Crippen LogP) is 4.20. The molecule has 0 unspecified atom stereocenters. The summed E-state index contributed by atoms with van der Waals surface area (Å²) in [5.74, 6) is -0.621. The van der Waals surface area contributed by atoms with Gasteiger partial charge in [-0.1, -0.05) is 21.1 Å². The third-order valence-corrected chi connectivity index (χ3v) is 3.57. The molecule has 0 atom stereocenters. The SMILES string of the molecule is O=C(Nc1cc(Br)ccc1O)c1cc(-c2ccc(F)cc2)on1. The molecule has 116 valence electrons. The quantitative estimate of drug-likeness (QED) is 0.671. The van der Waals surface area contributed by atoms with Crippen molar-refractivity contribution in [2.45, 2.75) is 0 Å². The minimum absolute atomic E-state index is 0.0451. The smallest absolute Gasteiger partial charge is 0.277 e. The lowest BCUT2D eigenvalue weighted by Crippen LogP contribution is -2.12. The number of hydrogen-bond acceptors (Lipinski definition) is 4. The first-order valence-corrected chi connectivity index (χ1v) is 7.35. The van der Waals surface area contributed by atoms with E-state index < -0.39 is 5.91 Å². The van der Waals surface area contributed by atoms with Crippen LogP contribution in [0.1, 0.15) is 10.5 Å². The van der Waals surface area contributed by atoms with Crippen molar-refractivity contribution in [2.75, 3.05) is 5.32 Å². The molecule has 0 bridgehead atoms. The Morgan fingerprint density at radius 3 is 2.65 bits per heavy atom. The zero-order valence-corrected chi connectivity index (χ0v) is 13.2. The molecule has 0 radical (unpaired) electrons. The van der Waals surface area contributed by atoms with Crippen molar-refractivity contribution in [2.24, 2.45) is 0 Å². The summed E-state index contributed by atoms with van der Waals surface area (Å²) < 4.78 is 18.7. The fraction of sp³-hybridized carbons (Fsp3) is 0. The average Bonchev–Trinajstić information content (AvgIpc) is 3.02. The molecule has 2 aromatic carbocycles. The third-order valence-electron chi connectivity index (χ3n) is 3.08. The van der Waals surface area contributed by atoms with Crippen LogP contribution in [0.2, 0.25) is 0 Å². The first-order valence-electron chi connectivity index (χ1n) is 6.55. The number of rotatable bonds is 3. The number of amides is 1. The fourth-order valence-corrected chi connectivity index (χ4v) is 2.29. The van der Waals surface area contributed by atoms with E-state index in [1.54, 1.807) is 12.1 Å². The normalized spacial score (nSPS) is 10.5. The number of carbonyl (C=O) groups excluding carboxylic acids is 1. The highest BCUT2D eigenvalue weighted by Crippen LogP contribution is 2.27. The minimum Gasteiger partial charge on any atom is -0.506 e. The van der Waals surface area contributed by atoms with E-state index in [4.69, 9.17) is 4.52 Å². The van der Waals surface area contributed by atoms with Gasteiger partial charge in [-0.2, -0.15) is 0 Å². The van der Waals surface area contributed by atoms with Gasteiger partial charge in [-0.05, 0) is 42.5 Å². The molecule has 0 fully saturated rings. The van der Waals surface area contributed by atoms with Gasteiger partial charge in [-0.25, -0.2) is 4.39 Å². The van der Waals surface area contributed by atoms with E-state index in [0.717, 1.165) is 0 Å². The first kappa shape index (κ1) is 15.2. The van der Waals surface area contributed by atoms with Crippen molar-refractivity contribution in [1.82, 2.24) is 5.16 Å². The second-order valence-electron chi connectivity index (χ2n) is 4.70. The van der Waals surface area contributed by atoms with Crippen molar-refractivity contribution in [1.29, 1.82) is 0 Å². The summed E-state index contributed by atoms with van der Waals surface area (Å²) in [5.41, 5.74) is 0.891. The summed E-state index contributed by atoms with van der Waals surface area (Å²) in [6.45, 7) is 0. The number of halogens is 2. The maximum absolute atomic E-state index is 12.9.